The molecule has 5 nitrogen and oxygen atoms in total. The minimum absolute atomic E-state index is 0.0372. The number of rotatable bonds is 4. The molecule has 0 radical (unpaired) electrons. The highest BCUT2D eigenvalue weighted by atomic mass is 16.5. The number of aliphatic carboxylic acids is 1. The first-order valence-electron chi connectivity index (χ1n) is 5.20. The van der Waals surface area contributed by atoms with E-state index in [1.54, 1.807) is 19.4 Å². The van der Waals surface area contributed by atoms with Gasteiger partial charge in [-0.2, -0.15) is 0 Å². The van der Waals surface area contributed by atoms with Crippen LogP contribution >= 0.6 is 0 Å². The Morgan fingerprint density at radius 3 is 3.00 bits per heavy atom. The molecule has 1 aromatic heterocycles. The van der Waals surface area contributed by atoms with Gasteiger partial charge in [0.1, 0.15) is 11.6 Å². The number of hydrogen-bond acceptors (Lipinski definition) is 4. The minimum Gasteiger partial charge on any atom is -0.497 e. The zero-order chi connectivity index (χ0) is 12.3. The second kappa shape index (κ2) is 4.78. The first-order chi connectivity index (χ1) is 8.19. The molecule has 0 spiro atoms. The molecule has 0 bridgehead atoms. The lowest BCUT2D eigenvalue weighted by molar-refractivity contribution is -0.137. The second-order valence-corrected chi connectivity index (χ2v) is 3.60. The minimum atomic E-state index is -0.848. The third-order valence-corrected chi connectivity index (χ3v) is 2.40. The lowest BCUT2D eigenvalue weighted by Crippen LogP contribution is -2.01. The molecule has 17 heavy (non-hydrogen) atoms. The summed E-state index contributed by atoms with van der Waals surface area (Å²) in [6.45, 7) is 0. The molecular formula is C12H12N2O3. The topological polar surface area (TPSA) is 72.3 Å². The zero-order valence-corrected chi connectivity index (χ0v) is 9.38. The van der Waals surface area contributed by atoms with E-state index in [4.69, 9.17) is 9.84 Å². The van der Waals surface area contributed by atoms with E-state index in [-0.39, 0.29) is 6.42 Å². The quantitative estimate of drug-likeness (QED) is 0.867. The summed E-state index contributed by atoms with van der Waals surface area (Å²) in [6, 6.07) is 5.51. The van der Waals surface area contributed by atoms with Gasteiger partial charge in [0.05, 0.1) is 19.0 Å². The maximum atomic E-state index is 10.5. The summed E-state index contributed by atoms with van der Waals surface area (Å²) in [4.78, 5) is 18.9. The van der Waals surface area contributed by atoms with Crippen molar-refractivity contribution in [2.24, 2.45) is 0 Å². The standard InChI is InChI=1S/C12H12N2O3/c1-17-9-3-2-8-7-13-11(4-5-12(15)16)14-10(8)6-9/h2-3,6-7H,4-5H2,1H3,(H,15,16). The van der Waals surface area contributed by atoms with Crippen molar-refractivity contribution >= 4 is 16.9 Å². The molecule has 1 heterocycles. The highest BCUT2D eigenvalue weighted by molar-refractivity contribution is 5.79. The molecule has 0 aliphatic carbocycles. The summed E-state index contributed by atoms with van der Waals surface area (Å²) in [6.07, 6.45) is 2.07. The van der Waals surface area contributed by atoms with E-state index in [2.05, 4.69) is 9.97 Å². The number of ether oxygens (including phenoxy) is 1. The SMILES string of the molecule is COc1ccc2cnc(CCC(=O)O)nc2c1. The van der Waals surface area contributed by atoms with Gasteiger partial charge in [-0.15, -0.1) is 0 Å². The number of benzene rings is 1. The van der Waals surface area contributed by atoms with Gasteiger partial charge in [0.25, 0.3) is 0 Å². The van der Waals surface area contributed by atoms with Crippen molar-refractivity contribution in [2.75, 3.05) is 7.11 Å². The molecule has 0 amide bonds. The van der Waals surface area contributed by atoms with E-state index in [0.717, 1.165) is 16.7 Å². The molecule has 0 saturated heterocycles. The summed E-state index contributed by atoms with van der Waals surface area (Å²) >= 11 is 0. The van der Waals surface area contributed by atoms with Gasteiger partial charge in [0, 0.05) is 24.1 Å². The Kier molecular flexibility index (Phi) is 3.18. The fraction of sp³-hybridized carbons (Fsp3) is 0.250. The Morgan fingerprint density at radius 1 is 1.47 bits per heavy atom. The smallest absolute Gasteiger partial charge is 0.303 e. The molecule has 1 aromatic carbocycles. The molecular weight excluding hydrogens is 220 g/mol. The number of nitrogens with zero attached hydrogens (tertiary/aromatic N) is 2. The molecule has 0 saturated carbocycles. The Balaban J connectivity index is 2.31. The van der Waals surface area contributed by atoms with Gasteiger partial charge in [0.2, 0.25) is 0 Å². The summed E-state index contributed by atoms with van der Waals surface area (Å²) in [7, 11) is 1.59. The van der Waals surface area contributed by atoms with E-state index < -0.39 is 5.97 Å². The first kappa shape index (κ1) is 11.3. The van der Waals surface area contributed by atoms with Gasteiger partial charge < -0.3 is 9.84 Å². The van der Waals surface area contributed by atoms with Crippen molar-refractivity contribution in [3.05, 3.63) is 30.2 Å². The molecule has 5 heteroatoms. The number of carboxylic acids is 1. The Morgan fingerprint density at radius 2 is 2.29 bits per heavy atom. The number of carbonyl (C=O) groups is 1. The molecule has 1 N–H and O–H groups in total. The average Bonchev–Trinajstić information content (AvgIpc) is 2.35. The van der Waals surface area contributed by atoms with Gasteiger partial charge in [-0.05, 0) is 12.1 Å². The van der Waals surface area contributed by atoms with Gasteiger partial charge in [-0.3, -0.25) is 4.79 Å². The second-order valence-electron chi connectivity index (χ2n) is 3.60. The number of hydrogen-bond donors (Lipinski definition) is 1. The zero-order valence-electron chi connectivity index (χ0n) is 9.38. The van der Waals surface area contributed by atoms with Crippen molar-refractivity contribution in [3.8, 4) is 5.75 Å². The number of fused-ring (bicyclic) bond motifs is 1. The fourth-order valence-electron chi connectivity index (χ4n) is 1.51. The van der Waals surface area contributed by atoms with Gasteiger partial charge >= 0.3 is 5.97 Å². The van der Waals surface area contributed by atoms with Crippen LogP contribution in [0.25, 0.3) is 10.9 Å². The van der Waals surface area contributed by atoms with E-state index in [0.29, 0.717) is 12.2 Å². The molecule has 0 atom stereocenters. The van der Waals surface area contributed by atoms with Crippen LogP contribution in [-0.4, -0.2) is 28.2 Å². The third-order valence-electron chi connectivity index (χ3n) is 2.40. The van der Waals surface area contributed by atoms with Crippen LogP contribution in [0.5, 0.6) is 5.75 Å². The highest BCUT2D eigenvalue weighted by Crippen LogP contribution is 2.18. The number of aryl methyl sites for hydroxylation is 1. The molecule has 0 aliphatic rings. The number of aromatic nitrogens is 2. The van der Waals surface area contributed by atoms with E-state index in [1.807, 2.05) is 12.1 Å². The Labute approximate surface area is 98.1 Å². The normalized spacial score (nSPS) is 10.4. The third kappa shape index (κ3) is 2.69. The van der Waals surface area contributed by atoms with Crippen molar-refractivity contribution in [1.82, 2.24) is 9.97 Å². The molecule has 2 aromatic rings. The largest absolute Gasteiger partial charge is 0.497 e. The lowest BCUT2D eigenvalue weighted by atomic mass is 10.2. The Bertz CT molecular complexity index is 554. The van der Waals surface area contributed by atoms with Gasteiger partial charge in [0.15, 0.2) is 0 Å². The van der Waals surface area contributed by atoms with Crippen molar-refractivity contribution in [1.29, 1.82) is 0 Å². The van der Waals surface area contributed by atoms with E-state index in [1.165, 1.54) is 0 Å². The summed E-state index contributed by atoms with van der Waals surface area (Å²) in [5.41, 5.74) is 0.764. The molecule has 2 rings (SSSR count). The summed E-state index contributed by atoms with van der Waals surface area (Å²) < 4.78 is 5.11. The van der Waals surface area contributed by atoms with Gasteiger partial charge in [-0.1, -0.05) is 0 Å². The van der Waals surface area contributed by atoms with Crippen LogP contribution < -0.4 is 4.74 Å². The van der Waals surface area contributed by atoms with Crippen LogP contribution in [0.1, 0.15) is 12.2 Å². The van der Waals surface area contributed by atoms with Crippen molar-refractivity contribution in [3.63, 3.8) is 0 Å². The van der Waals surface area contributed by atoms with Crippen LogP contribution in [0.4, 0.5) is 0 Å². The summed E-state index contributed by atoms with van der Waals surface area (Å²) in [5, 5.41) is 9.50. The van der Waals surface area contributed by atoms with Crippen LogP contribution in [0.3, 0.4) is 0 Å². The van der Waals surface area contributed by atoms with Crippen LogP contribution in [0, 0.1) is 0 Å². The van der Waals surface area contributed by atoms with E-state index >= 15 is 0 Å². The predicted octanol–water partition coefficient (Wildman–Crippen LogP) is 1.66. The number of carboxylic acid groups (broad SMARTS) is 1. The van der Waals surface area contributed by atoms with Crippen LogP contribution in [0.15, 0.2) is 24.4 Å². The molecule has 0 unspecified atom stereocenters. The average molecular weight is 232 g/mol. The molecule has 88 valence electrons. The maximum Gasteiger partial charge on any atom is 0.303 e. The molecule has 0 fully saturated rings. The van der Waals surface area contributed by atoms with Crippen molar-refractivity contribution in [2.45, 2.75) is 12.8 Å². The monoisotopic (exact) mass is 232 g/mol. The van der Waals surface area contributed by atoms with Crippen LogP contribution in [0.2, 0.25) is 0 Å². The number of methoxy groups -OCH3 is 1. The highest BCUT2D eigenvalue weighted by Gasteiger charge is 2.04. The summed E-state index contributed by atoms with van der Waals surface area (Å²) in [5.74, 6) is 0.410. The maximum absolute atomic E-state index is 10.5. The fourth-order valence-corrected chi connectivity index (χ4v) is 1.51. The molecule has 0 aliphatic heterocycles. The predicted molar refractivity (Wildman–Crippen MR) is 62.0 cm³/mol. The van der Waals surface area contributed by atoms with Crippen LogP contribution in [-0.2, 0) is 11.2 Å². The Hall–Kier alpha value is -2.17. The first-order valence-corrected chi connectivity index (χ1v) is 5.20. The van der Waals surface area contributed by atoms with E-state index in [9.17, 15) is 4.79 Å². The van der Waals surface area contributed by atoms with Gasteiger partial charge in [-0.25, -0.2) is 9.97 Å². The lowest BCUT2D eigenvalue weighted by Gasteiger charge is -2.03. The van der Waals surface area contributed by atoms with Crippen molar-refractivity contribution < 1.29 is 14.6 Å².